The molecule has 7 heteroatoms. The third-order valence-electron chi connectivity index (χ3n) is 4.85. The van der Waals surface area contributed by atoms with Crippen LogP contribution >= 0.6 is 11.3 Å². The Morgan fingerprint density at radius 3 is 2.58 bits per heavy atom. The van der Waals surface area contributed by atoms with E-state index in [9.17, 15) is 9.18 Å². The van der Waals surface area contributed by atoms with Crippen LogP contribution in [0.25, 0.3) is 10.2 Å². The van der Waals surface area contributed by atoms with Crippen LogP contribution < -0.4 is 9.64 Å². The van der Waals surface area contributed by atoms with Crippen molar-refractivity contribution in [2.45, 2.75) is 26.3 Å². The van der Waals surface area contributed by atoms with Crippen molar-refractivity contribution in [1.29, 1.82) is 0 Å². The molecule has 5 nitrogen and oxygen atoms in total. The Bertz CT molecular complexity index is 1180. The van der Waals surface area contributed by atoms with Gasteiger partial charge in [0.05, 0.1) is 16.9 Å². The predicted molar refractivity (Wildman–Crippen MR) is 121 cm³/mol. The van der Waals surface area contributed by atoms with Gasteiger partial charge in [-0.2, -0.15) is 0 Å². The Kier molecular flexibility index (Phi) is 6.23. The number of para-hydroxylation sites is 1. The lowest BCUT2D eigenvalue weighted by atomic mass is 10.0. The topological polar surface area (TPSA) is 55.3 Å². The van der Waals surface area contributed by atoms with E-state index in [1.165, 1.54) is 27.9 Å². The number of carbonyl (C=O) groups excluding carboxylic acids is 1. The van der Waals surface area contributed by atoms with Crippen molar-refractivity contribution in [2.75, 3.05) is 11.5 Å². The maximum absolute atomic E-state index is 14.2. The number of anilines is 1. The van der Waals surface area contributed by atoms with Gasteiger partial charge in [-0.15, -0.1) is 0 Å². The Labute approximate surface area is 184 Å². The Morgan fingerprint density at radius 1 is 1.10 bits per heavy atom. The van der Waals surface area contributed by atoms with Crippen molar-refractivity contribution in [3.8, 4) is 5.75 Å². The molecule has 0 unspecified atom stereocenters. The molecule has 0 spiro atoms. The molecular formula is C24H22FN3O2S. The van der Waals surface area contributed by atoms with E-state index in [0.717, 1.165) is 0 Å². The standard InChI is InChI=1S/C24H22FN3O2S/c1-16(2)17-9-11-19(12-10-17)30-15-22(29)28(14-18-6-3-4-13-26-18)24-27-23-20(25)7-5-8-21(23)31-24/h3-13,16H,14-15H2,1-2H3. The van der Waals surface area contributed by atoms with E-state index in [2.05, 4.69) is 23.8 Å². The van der Waals surface area contributed by atoms with Crippen LogP contribution in [0.1, 0.15) is 31.0 Å². The second kappa shape index (κ2) is 9.22. The van der Waals surface area contributed by atoms with E-state index in [1.54, 1.807) is 18.3 Å². The largest absolute Gasteiger partial charge is 0.484 e. The highest BCUT2D eigenvalue weighted by molar-refractivity contribution is 7.22. The third-order valence-corrected chi connectivity index (χ3v) is 5.89. The normalized spacial score (nSPS) is 11.1. The highest BCUT2D eigenvalue weighted by atomic mass is 32.1. The molecular weight excluding hydrogens is 413 g/mol. The molecule has 0 aliphatic rings. The van der Waals surface area contributed by atoms with Crippen LogP contribution in [-0.4, -0.2) is 22.5 Å². The first-order valence-corrected chi connectivity index (χ1v) is 10.8. The fourth-order valence-corrected chi connectivity index (χ4v) is 4.10. The molecule has 4 rings (SSSR count). The number of carbonyl (C=O) groups is 1. The van der Waals surface area contributed by atoms with Gasteiger partial charge in [0.15, 0.2) is 11.7 Å². The number of aromatic nitrogens is 2. The molecule has 2 heterocycles. The van der Waals surface area contributed by atoms with E-state index in [1.807, 2.05) is 42.5 Å². The monoisotopic (exact) mass is 435 g/mol. The number of thiazole rings is 1. The van der Waals surface area contributed by atoms with Crippen LogP contribution in [-0.2, 0) is 11.3 Å². The van der Waals surface area contributed by atoms with E-state index >= 15 is 0 Å². The summed E-state index contributed by atoms with van der Waals surface area (Å²) in [6.07, 6.45) is 1.67. The van der Waals surface area contributed by atoms with Crippen molar-refractivity contribution in [1.82, 2.24) is 9.97 Å². The molecule has 158 valence electrons. The predicted octanol–water partition coefficient (Wildman–Crippen LogP) is 5.57. The minimum atomic E-state index is -0.410. The number of hydrogen-bond donors (Lipinski definition) is 0. The molecule has 0 N–H and O–H groups in total. The molecule has 0 aliphatic carbocycles. The van der Waals surface area contributed by atoms with Gasteiger partial charge >= 0.3 is 0 Å². The average Bonchev–Trinajstić information content (AvgIpc) is 3.22. The van der Waals surface area contributed by atoms with Crippen LogP contribution in [0.2, 0.25) is 0 Å². The second-order valence-electron chi connectivity index (χ2n) is 7.40. The molecule has 4 aromatic rings. The first kappa shape index (κ1) is 20.9. The molecule has 0 saturated carbocycles. The van der Waals surface area contributed by atoms with Crippen LogP contribution in [0.3, 0.4) is 0 Å². The first-order valence-electron chi connectivity index (χ1n) is 9.99. The smallest absolute Gasteiger partial charge is 0.267 e. The number of fused-ring (bicyclic) bond motifs is 1. The average molecular weight is 436 g/mol. The molecule has 2 aromatic carbocycles. The van der Waals surface area contributed by atoms with E-state index < -0.39 is 5.82 Å². The summed E-state index contributed by atoms with van der Waals surface area (Å²) in [5.74, 6) is 0.347. The summed E-state index contributed by atoms with van der Waals surface area (Å²) in [4.78, 5) is 23.3. The molecule has 0 saturated heterocycles. The highest BCUT2D eigenvalue weighted by Crippen LogP contribution is 2.31. The maximum Gasteiger partial charge on any atom is 0.267 e. The van der Waals surface area contributed by atoms with Crippen LogP contribution in [0.4, 0.5) is 9.52 Å². The van der Waals surface area contributed by atoms with Gasteiger partial charge < -0.3 is 4.74 Å². The molecule has 0 atom stereocenters. The fourth-order valence-electron chi connectivity index (χ4n) is 3.11. The van der Waals surface area contributed by atoms with Gasteiger partial charge in [-0.05, 0) is 47.9 Å². The van der Waals surface area contributed by atoms with Gasteiger partial charge in [0.25, 0.3) is 5.91 Å². The molecule has 2 aromatic heterocycles. The zero-order valence-electron chi connectivity index (χ0n) is 17.3. The molecule has 0 radical (unpaired) electrons. The Balaban J connectivity index is 1.57. The van der Waals surface area contributed by atoms with Gasteiger partial charge in [-0.3, -0.25) is 14.7 Å². The maximum atomic E-state index is 14.2. The Hall–Kier alpha value is -3.32. The first-order chi connectivity index (χ1) is 15.0. The zero-order valence-corrected chi connectivity index (χ0v) is 18.1. The minimum Gasteiger partial charge on any atom is -0.484 e. The summed E-state index contributed by atoms with van der Waals surface area (Å²) in [6, 6.07) is 18.0. The van der Waals surface area contributed by atoms with Crippen molar-refractivity contribution in [2.24, 2.45) is 0 Å². The van der Waals surface area contributed by atoms with Crippen molar-refractivity contribution in [3.05, 3.63) is 83.9 Å². The van der Waals surface area contributed by atoms with E-state index in [4.69, 9.17) is 4.74 Å². The summed E-state index contributed by atoms with van der Waals surface area (Å²) >= 11 is 1.26. The van der Waals surface area contributed by atoms with E-state index in [-0.39, 0.29) is 24.6 Å². The van der Waals surface area contributed by atoms with Crippen LogP contribution in [0, 0.1) is 5.82 Å². The number of hydrogen-bond acceptors (Lipinski definition) is 5. The highest BCUT2D eigenvalue weighted by Gasteiger charge is 2.22. The number of pyridine rings is 1. The molecule has 0 bridgehead atoms. The summed E-state index contributed by atoms with van der Waals surface area (Å²) in [7, 11) is 0. The molecule has 31 heavy (non-hydrogen) atoms. The zero-order chi connectivity index (χ0) is 21.8. The van der Waals surface area contributed by atoms with Crippen LogP contribution in [0.15, 0.2) is 66.9 Å². The number of nitrogens with zero attached hydrogens (tertiary/aromatic N) is 3. The van der Waals surface area contributed by atoms with Crippen LogP contribution in [0.5, 0.6) is 5.75 Å². The number of halogens is 1. The summed E-state index contributed by atoms with van der Waals surface area (Å²) in [5, 5.41) is 0.412. The lowest BCUT2D eigenvalue weighted by Gasteiger charge is -2.20. The van der Waals surface area contributed by atoms with Crippen molar-refractivity contribution < 1.29 is 13.9 Å². The fraction of sp³-hybridized carbons (Fsp3) is 0.208. The quantitative estimate of drug-likeness (QED) is 0.381. The lowest BCUT2D eigenvalue weighted by molar-refractivity contribution is -0.120. The Morgan fingerprint density at radius 2 is 1.90 bits per heavy atom. The van der Waals surface area contributed by atoms with Gasteiger partial charge in [0, 0.05) is 6.20 Å². The molecule has 1 amide bonds. The lowest BCUT2D eigenvalue weighted by Crippen LogP contribution is -2.34. The number of rotatable bonds is 7. The summed E-state index contributed by atoms with van der Waals surface area (Å²) in [5.41, 5.74) is 2.16. The second-order valence-corrected chi connectivity index (χ2v) is 8.41. The summed E-state index contributed by atoms with van der Waals surface area (Å²) in [6.45, 7) is 4.30. The van der Waals surface area contributed by atoms with Crippen molar-refractivity contribution >= 4 is 32.6 Å². The van der Waals surface area contributed by atoms with Gasteiger partial charge in [0.1, 0.15) is 17.1 Å². The van der Waals surface area contributed by atoms with Gasteiger partial charge in [-0.1, -0.05) is 49.4 Å². The number of benzene rings is 2. The van der Waals surface area contributed by atoms with Crippen molar-refractivity contribution in [3.63, 3.8) is 0 Å². The summed E-state index contributed by atoms with van der Waals surface area (Å²) < 4.78 is 20.6. The molecule has 0 aliphatic heterocycles. The molecule has 0 fully saturated rings. The number of ether oxygens (including phenoxy) is 1. The SMILES string of the molecule is CC(C)c1ccc(OCC(=O)N(Cc2ccccn2)c2nc3c(F)cccc3s2)cc1. The number of amides is 1. The minimum absolute atomic E-state index is 0.160. The van der Waals surface area contributed by atoms with E-state index in [0.29, 0.717) is 27.2 Å². The van der Waals surface area contributed by atoms with Gasteiger partial charge in [-0.25, -0.2) is 9.37 Å². The van der Waals surface area contributed by atoms with Gasteiger partial charge in [0.2, 0.25) is 0 Å². The third kappa shape index (κ3) is 4.88.